The Kier molecular flexibility index (Phi) is 3.79. The van der Waals surface area contributed by atoms with E-state index in [-0.39, 0.29) is 10.8 Å². The number of halogens is 2. The molecule has 1 aromatic carbocycles. The van der Waals surface area contributed by atoms with Crippen LogP contribution in [0.3, 0.4) is 0 Å². The maximum Gasteiger partial charge on any atom is 0.141 e. The van der Waals surface area contributed by atoms with Crippen LogP contribution in [0.1, 0.15) is 30.9 Å². The standard InChI is InChI=1S/C15H20ClFN2/c1-18-9-11-6-7-19(12-3-4-12)15(11)10-2-5-14(17)13(16)8-10/h2,5,8,11-12,15,18H,3-4,6-7,9H2,1H3. The van der Waals surface area contributed by atoms with E-state index in [2.05, 4.69) is 10.2 Å². The second-order valence-corrected chi connectivity index (χ2v) is 6.10. The quantitative estimate of drug-likeness (QED) is 0.912. The van der Waals surface area contributed by atoms with Gasteiger partial charge in [-0.05, 0) is 63.0 Å². The molecule has 19 heavy (non-hydrogen) atoms. The van der Waals surface area contributed by atoms with Crippen LogP contribution in [0.5, 0.6) is 0 Å². The summed E-state index contributed by atoms with van der Waals surface area (Å²) in [5.74, 6) is 0.263. The van der Waals surface area contributed by atoms with Gasteiger partial charge in [-0.3, -0.25) is 4.90 Å². The maximum atomic E-state index is 13.3. The molecule has 2 nitrogen and oxygen atoms in total. The van der Waals surface area contributed by atoms with E-state index in [1.165, 1.54) is 25.3 Å². The van der Waals surface area contributed by atoms with Crippen LogP contribution in [0, 0.1) is 11.7 Å². The van der Waals surface area contributed by atoms with Gasteiger partial charge in [-0.2, -0.15) is 0 Å². The zero-order valence-corrected chi connectivity index (χ0v) is 12.0. The van der Waals surface area contributed by atoms with Gasteiger partial charge < -0.3 is 5.32 Å². The number of hydrogen-bond donors (Lipinski definition) is 1. The minimum Gasteiger partial charge on any atom is -0.319 e. The fraction of sp³-hybridized carbons (Fsp3) is 0.600. The van der Waals surface area contributed by atoms with Crippen molar-refractivity contribution < 1.29 is 4.39 Å². The Morgan fingerprint density at radius 1 is 1.37 bits per heavy atom. The minimum atomic E-state index is -0.327. The van der Waals surface area contributed by atoms with Gasteiger partial charge in [0, 0.05) is 12.1 Å². The summed E-state index contributed by atoms with van der Waals surface area (Å²) in [6, 6.07) is 6.33. The van der Waals surface area contributed by atoms with Crippen molar-refractivity contribution in [2.45, 2.75) is 31.3 Å². The van der Waals surface area contributed by atoms with Gasteiger partial charge in [0.2, 0.25) is 0 Å². The number of benzene rings is 1. The first-order chi connectivity index (χ1) is 9.20. The molecular formula is C15H20ClFN2. The summed E-state index contributed by atoms with van der Waals surface area (Å²) in [4.78, 5) is 2.59. The number of likely N-dealkylation sites (tertiary alicyclic amines) is 1. The first-order valence-corrected chi connectivity index (χ1v) is 7.44. The van der Waals surface area contributed by atoms with Crippen LogP contribution in [0.15, 0.2) is 18.2 Å². The lowest BCUT2D eigenvalue weighted by atomic mass is 9.93. The Labute approximate surface area is 118 Å². The molecule has 0 bridgehead atoms. The third kappa shape index (κ3) is 2.64. The van der Waals surface area contributed by atoms with E-state index in [0.717, 1.165) is 24.7 Å². The van der Waals surface area contributed by atoms with E-state index in [1.807, 2.05) is 19.2 Å². The molecule has 2 unspecified atom stereocenters. The monoisotopic (exact) mass is 282 g/mol. The van der Waals surface area contributed by atoms with Crippen LogP contribution in [-0.4, -0.2) is 31.1 Å². The van der Waals surface area contributed by atoms with Crippen LogP contribution in [-0.2, 0) is 0 Å². The third-order valence-corrected chi connectivity index (χ3v) is 4.62. The average Bonchev–Trinajstić information content (AvgIpc) is 3.15. The molecule has 104 valence electrons. The van der Waals surface area contributed by atoms with Crippen LogP contribution in [0.4, 0.5) is 4.39 Å². The molecule has 0 aromatic heterocycles. The molecule has 1 saturated heterocycles. The second-order valence-electron chi connectivity index (χ2n) is 5.69. The van der Waals surface area contributed by atoms with Gasteiger partial charge in [0.15, 0.2) is 0 Å². The highest BCUT2D eigenvalue weighted by atomic mass is 35.5. The fourth-order valence-corrected chi connectivity index (χ4v) is 3.52. The van der Waals surface area contributed by atoms with Crippen LogP contribution in [0.25, 0.3) is 0 Å². The Morgan fingerprint density at radius 3 is 2.79 bits per heavy atom. The predicted molar refractivity (Wildman–Crippen MR) is 75.9 cm³/mol. The molecule has 1 heterocycles. The first-order valence-electron chi connectivity index (χ1n) is 7.06. The number of nitrogens with one attached hydrogen (secondary N) is 1. The topological polar surface area (TPSA) is 15.3 Å². The number of hydrogen-bond acceptors (Lipinski definition) is 2. The zero-order chi connectivity index (χ0) is 13.4. The zero-order valence-electron chi connectivity index (χ0n) is 11.2. The minimum absolute atomic E-state index is 0.239. The van der Waals surface area contributed by atoms with E-state index in [1.54, 1.807) is 0 Å². The van der Waals surface area contributed by atoms with Crippen molar-refractivity contribution in [1.82, 2.24) is 10.2 Å². The highest BCUT2D eigenvalue weighted by Crippen LogP contribution is 2.44. The summed E-state index contributed by atoms with van der Waals surface area (Å²) in [5, 5.41) is 3.52. The third-order valence-electron chi connectivity index (χ3n) is 4.33. The second kappa shape index (κ2) is 5.39. The molecule has 1 aromatic rings. The van der Waals surface area contributed by atoms with Crippen LogP contribution < -0.4 is 5.32 Å². The Balaban J connectivity index is 1.89. The summed E-state index contributed by atoms with van der Waals surface area (Å²) < 4.78 is 13.3. The van der Waals surface area contributed by atoms with E-state index in [9.17, 15) is 4.39 Å². The molecule has 2 fully saturated rings. The summed E-state index contributed by atoms with van der Waals surface area (Å²) >= 11 is 5.95. The summed E-state index contributed by atoms with van der Waals surface area (Å²) in [6.45, 7) is 2.15. The molecule has 1 aliphatic carbocycles. The highest BCUT2D eigenvalue weighted by molar-refractivity contribution is 6.30. The molecule has 0 radical (unpaired) electrons. The lowest BCUT2D eigenvalue weighted by Gasteiger charge is -2.29. The Morgan fingerprint density at radius 2 is 2.16 bits per heavy atom. The van der Waals surface area contributed by atoms with Gasteiger partial charge in [0.05, 0.1) is 5.02 Å². The molecule has 3 rings (SSSR count). The SMILES string of the molecule is CNCC1CCN(C2CC2)C1c1ccc(F)c(Cl)c1. The molecule has 1 saturated carbocycles. The highest BCUT2D eigenvalue weighted by Gasteiger charge is 2.42. The number of nitrogens with zero attached hydrogens (tertiary/aromatic N) is 1. The molecule has 0 amide bonds. The predicted octanol–water partition coefficient (Wildman–Crippen LogP) is 3.22. The van der Waals surface area contributed by atoms with Crippen molar-refractivity contribution in [3.8, 4) is 0 Å². The van der Waals surface area contributed by atoms with Crippen molar-refractivity contribution in [2.75, 3.05) is 20.1 Å². The molecule has 2 aliphatic rings. The van der Waals surface area contributed by atoms with E-state index in [0.29, 0.717) is 12.0 Å². The Bertz CT molecular complexity index is 461. The van der Waals surface area contributed by atoms with E-state index < -0.39 is 0 Å². The molecule has 0 spiro atoms. The number of rotatable bonds is 4. The van der Waals surface area contributed by atoms with E-state index in [4.69, 9.17) is 11.6 Å². The van der Waals surface area contributed by atoms with Gasteiger partial charge >= 0.3 is 0 Å². The van der Waals surface area contributed by atoms with Gasteiger partial charge in [0.1, 0.15) is 5.82 Å². The summed E-state index contributed by atoms with van der Waals surface area (Å²) in [6.07, 6.45) is 3.81. The van der Waals surface area contributed by atoms with Crippen LogP contribution in [0.2, 0.25) is 5.02 Å². The van der Waals surface area contributed by atoms with Gasteiger partial charge in [-0.15, -0.1) is 0 Å². The molecule has 1 aliphatic heterocycles. The summed E-state index contributed by atoms with van der Waals surface area (Å²) in [7, 11) is 1.99. The smallest absolute Gasteiger partial charge is 0.141 e. The van der Waals surface area contributed by atoms with Gasteiger partial charge in [-0.25, -0.2) is 4.39 Å². The lowest BCUT2D eigenvalue weighted by molar-refractivity contribution is 0.217. The van der Waals surface area contributed by atoms with Crippen molar-refractivity contribution in [1.29, 1.82) is 0 Å². The van der Waals surface area contributed by atoms with Crippen molar-refractivity contribution in [2.24, 2.45) is 5.92 Å². The molecule has 1 N–H and O–H groups in total. The largest absolute Gasteiger partial charge is 0.319 e. The Hall–Kier alpha value is -0.640. The van der Waals surface area contributed by atoms with E-state index >= 15 is 0 Å². The van der Waals surface area contributed by atoms with Crippen LogP contribution >= 0.6 is 11.6 Å². The molecule has 2 atom stereocenters. The molecule has 4 heteroatoms. The van der Waals surface area contributed by atoms with Gasteiger partial charge in [-0.1, -0.05) is 17.7 Å². The van der Waals surface area contributed by atoms with Gasteiger partial charge in [0.25, 0.3) is 0 Å². The average molecular weight is 283 g/mol. The fourth-order valence-electron chi connectivity index (χ4n) is 3.33. The van der Waals surface area contributed by atoms with Crippen molar-refractivity contribution >= 4 is 11.6 Å². The first kappa shape index (κ1) is 13.3. The normalized spacial score (nSPS) is 27.9. The van der Waals surface area contributed by atoms with Crippen molar-refractivity contribution in [3.05, 3.63) is 34.6 Å². The maximum absolute atomic E-state index is 13.3. The molecular weight excluding hydrogens is 263 g/mol. The lowest BCUT2D eigenvalue weighted by Crippen LogP contribution is -2.30. The summed E-state index contributed by atoms with van der Waals surface area (Å²) in [5.41, 5.74) is 1.16. The van der Waals surface area contributed by atoms with Crippen molar-refractivity contribution in [3.63, 3.8) is 0 Å².